The fraction of sp³-hybridized carbons (Fsp3) is 0.611. The zero-order valence-electron chi connectivity index (χ0n) is 12.4. The molecule has 0 spiro atoms. The maximum atomic E-state index is 4.72. The number of hydrogen-bond donors (Lipinski definition) is 0. The van der Waals surface area contributed by atoms with Crippen LogP contribution in [0.25, 0.3) is 0 Å². The fourth-order valence-electron chi connectivity index (χ4n) is 4.53. The van der Waals surface area contributed by atoms with E-state index in [2.05, 4.69) is 39.0 Å². The van der Waals surface area contributed by atoms with Crippen LogP contribution in [0.5, 0.6) is 0 Å². The van der Waals surface area contributed by atoms with E-state index >= 15 is 0 Å². The Balaban J connectivity index is 2.07. The van der Waals surface area contributed by atoms with Gasteiger partial charge in [0.2, 0.25) is 0 Å². The molecule has 0 N–H and O–H groups in total. The maximum Gasteiger partial charge on any atom is 0.0513 e. The molecule has 19 heavy (non-hydrogen) atoms. The quantitative estimate of drug-likeness (QED) is 0.686. The molecule has 3 aliphatic rings. The lowest BCUT2D eigenvalue weighted by atomic mass is 9.56. The minimum atomic E-state index is 0.581. The van der Waals surface area contributed by atoms with Crippen molar-refractivity contribution in [3.05, 3.63) is 41.2 Å². The zero-order valence-corrected chi connectivity index (χ0v) is 12.4. The molecular weight excluding hydrogens is 230 g/mol. The first kappa shape index (κ1) is 12.9. The normalized spacial score (nSPS) is 32.1. The molecule has 4 rings (SSSR count). The lowest BCUT2D eigenvalue weighted by Crippen LogP contribution is -2.37. The first-order chi connectivity index (χ1) is 9.27. The van der Waals surface area contributed by atoms with Crippen LogP contribution in [0.15, 0.2) is 30.0 Å². The van der Waals surface area contributed by atoms with E-state index in [1.165, 1.54) is 36.9 Å². The predicted octanol–water partition coefficient (Wildman–Crippen LogP) is 5.05. The summed E-state index contributed by atoms with van der Waals surface area (Å²) in [6.07, 6.45) is 9.81. The fourth-order valence-corrected chi connectivity index (χ4v) is 4.53. The molecule has 4 unspecified atom stereocenters. The van der Waals surface area contributed by atoms with Crippen molar-refractivity contribution in [1.82, 2.24) is 4.98 Å². The minimum Gasteiger partial charge on any atom is -0.260 e. The van der Waals surface area contributed by atoms with Crippen molar-refractivity contribution < 1.29 is 0 Å². The van der Waals surface area contributed by atoms with Gasteiger partial charge in [0, 0.05) is 18.0 Å². The topological polar surface area (TPSA) is 12.9 Å². The van der Waals surface area contributed by atoms with Gasteiger partial charge in [0.25, 0.3) is 0 Å². The molecular formula is C18H25N. The Morgan fingerprint density at radius 1 is 1.11 bits per heavy atom. The van der Waals surface area contributed by atoms with Crippen molar-refractivity contribution in [3.63, 3.8) is 0 Å². The molecule has 0 amide bonds. The Kier molecular flexibility index (Phi) is 3.47. The van der Waals surface area contributed by atoms with Crippen molar-refractivity contribution in [2.75, 3.05) is 0 Å². The van der Waals surface area contributed by atoms with Gasteiger partial charge in [0.1, 0.15) is 0 Å². The van der Waals surface area contributed by atoms with Crippen molar-refractivity contribution in [1.29, 1.82) is 0 Å². The summed E-state index contributed by atoms with van der Waals surface area (Å²) >= 11 is 0. The van der Waals surface area contributed by atoms with E-state index in [-0.39, 0.29) is 0 Å². The first-order valence-corrected chi connectivity index (χ1v) is 7.91. The average molecular weight is 255 g/mol. The minimum absolute atomic E-state index is 0.581. The van der Waals surface area contributed by atoms with Crippen LogP contribution in [-0.2, 0) is 0 Å². The SMILES string of the molecule is CCCC1C2C=C(C)C(c3cccnc32)C1CCC. The van der Waals surface area contributed by atoms with E-state index in [1.807, 2.05) is 6.20 Å². The molecule has 1 heterocycles. The molecule has 0 radical (unpaired) electrons. The van der Waals surface area contributed by atoms with Gasteiger partial charge in [-0.25, -0.2) is 0 Å². The molecule has 0 saturated heterocycles. The summed E-state index contributed by atoms with van der Waals surface area (Å²) in [7, 11) is 0. The van der Waals surface area contributed by atoms with Gasteiger partial charge in [0.05, 0.1) is 5.69 Å². The third-order valence-electron chi connectivity index (χ3n) is 5.14. The maximum absolute atomic E-state index is 4.72. The van der Waals surface area contributed by atoms with Gasteiger partial charge < -0.3 is 0 Å². The second kappa shape index (κ2) is 5.11. The first-order valence-electron chi connectivity index (χ1n) is 7.91. The molecule has 0 aromatic carbocycles. The number of hydrogen-bond acceptors (Lipinski definition) is 1. The van der Waals surface area contributed by atoms with Gasteiger partial charge in [0.15, 0.2) is 0 Å². The van der Waals surface area contributed by atoms with E-state index in [1.54, 1.807) is 5.57 Å². The van der Waals surface area contributed by atoms with Gasteiger partial charge in [-0.2, -0.15) is 0 Å². The number of rotatable bonds is 4. The lowest BCUT2D eigenvalue weighted by molar-refractivity contribution is 0.202. The molecule has 1 heteroatoms. The van der Waals surface area contributed by atoms with E-state index in [9.17, 15) is 0 Å². The van der Waals surface area contributed by atoms with Crippen molar-refractivity contribution in [3.8, 4) is 0 Å². The largest absolute Gasteiger partial charge is 0.260 e. The number of pyridine rings is 1. The van der Waals surface area contributed by atoms with Gasteiger partial charge in [-0.3, -0.25) is 4.98 Å². The molecule has 1 nitrogen and oxygen atoms in total. The van der Waals surface area contributed by atoms with E-state index < -0.39 is 0 Å². The summed E-state index contributed by atoms with van der Waals surface area (Å²) in [5.74, 6) is 2.89. The van der Waals surface area contributed by atoms with Crippen LogP contribution in [0.2, 0.25) is 0 Å². The van der Waals surface area contributed by atoms with Gasteiger partial charge >= 0.3 is 0 Å². The van der Waals surface area contributed by atoms with E-state index in [0.717, 1.165) is 11.8 Å². The highest BCUT2D eigenvalue weighted by atomic mass is 14.7. The highest BCUT2D eigenvalue weighted by Gasteiger charge is 2.45. The van der Waals surface area contributed by atoms with Crippen LogP contribution in [-0.4, -0.2) is 4.98 Å². The van der Waals surface area contributed by atoms with Crippen LogP contribution in [0.1, 0.15) is 69.5 Å². The molecule has 0 fully saturated rings. The van der Waals surface area contributed by atoms with Crippen LogP contribution in [0.3, 0.4) is 0 Å². The zero-order chi connectivity index (χ0) is 13.4. The third-order valence-corrected chi connectivity index (χ3v) is 5.14. The second-order valence-electron chi connectivity index (χ2n) is 6.30. The van der Waals surface area contributed by atoms with Gasteiger partial charge in [-0.15, -0.1) is 0 Å². The van der Waals surface area contributed by atoms with Crippen molar-refractivity contribution in [2.24, 2.45) is 11.8 Å². The summed E-state index contributed by atoms with van der Waals surface area (Å²) in [5, 5.41) is 0. The third kappa shape index (κ3) is 1.94. The predicted molar refractivity (Wildman–Crippen MR) is 80.3 cm³/mol. The van der Waals surface area contributed by atoms with Gasteiger partial charge in [-0.05, 0) is 43.2 Å². The van der Waals surface area contributed by atoms with Crippen LogP contribution >= 0.6 is 0 Å². The second-order valence-corrected chi connectivity index (χ2v) is 6.30. The van der Waals surface area contributed by atoms with Crippen molar-refractivity contribution >= 4 is 0 Å². The number of allylic oxidation sites excluding steroid dienone is 2. The molecule has 1 aromatic rings. The number of aromatic nitrogens is 1. The van der Waals surface area contributed by atoms with Gasteiger partial charge in [-0.1, -0.05) is 44.4 Å². The Hall–Kier alpha value is -1.11. The molecule has 3 aliphatic carbocycles. The molecule has 4 atom stereocenters. The average Bonchev–Trinajstić information content (AvgIpc) is 2.42. The molecule has 0 saturated carbocycles. The van der Waals surface area contributed by atoms with Crippen LogP contribution in [0.4, 0.5) is 0 Å². The monoisotopic (exact) mass is 255 g/mol. The summed E-state index contributed by atoms with van der Waals surface area (Å²) < 4.78 is 0. The van der Waals surface area contributed by atoms with Crippen molar-refractivity contribution in [2.45, 2.75) is 58.3 Å². The molecule has 102 valence electrons. The standard InChI is InChI=1S/C18H25N/c1-4-7-13-14(8-5-2)17-12(3)11-16(13)18-15(17)9-6-10-19-18/h6,9-11,13-14,16-17H,4-5,7-8H2,1-3H3. The summed E-state index contributed by atoms with van der Waals surface area (Å²) in [4.78, 5) is 4.72. The summed E-state index contributed by atoms with van der Waals surface area (Å²) in [5.41, 5.74) is 4.50. The van der Waals surface area contributed by atoms with Crippen LogP contribution < -0.4 is 0 Å². The Morgan fingerprint density at radius 2 is 1.84 bits per heavy atom. The smallest absolute Gasteiger partial charge is 0.0513 e. The lowest BCUT2D eigenvalue weighted by Gasteiger charge is -2.48. The molecule has 1 aromatic heterocycles. The van der Waals surface area contributed by atoms with E-state index in [0.29, 0.717) is 11.8 Å². The summed E-state index contributed by atoms with van der Waals surface area (Å²) in [6.45, 7) is 6.98. The highest BCUT2D eigenvalue weighted by Crippen LogP contribution is 2.56. The highest BCUT2D eigenvalue weighted by molar-refractivity contribution is 5.45. The van der Waals surface area contributed by atoms with Crippen LogP contribution in [0, 0.1) is 11.8 Å². The Labute approximate surface area is 117 Å². The van der Waals surface area contributed by atoms with E-state index in [4.69, 9.17) is 4.98 Å². The number of nitrogens with zero attached hydrogens (tertiary/aromatic N) is 1. The number of fused-ring (bicyclic) bond motifs is 1. The Morgan fingerprint density at radius 3 is 2.58 bits per heavy atom. The Bertz CT molecular complexity index is 488. The molecule has 2 bridgehead atoms. The molecule has 0 aliphatic heterocycles. The summed E-state index contributed by atoms with van der Waals surface area (Å²) in [6, 6.07) is 4.44.